The van der Waals surface area contributed by atoms with Gasteiger partial charge in [-0.2, -0.15) is 0 Å². The molecule has 0 aliphatic heterocycles. The lowest BCUT2D eigenvalue weighted by Crippen LogP contribution is -2.20. The second-order valence-electron chi connectivity index (χ2n) is 4.15. The van der Waals surface area contributed by atoms with Crippen LogP contribution in [-0.2, 0) is 4.79 Å². The van der Waals surface area contributed by atoms with Gasteiger partial charge in [0.05, 0.1) is 10.2 Å². The number of hydrogen-bond acceptors (Lipinski definition) is 3. The van der Waals surface area contributed by atoms with E-state index in [1.165, 1.54) is 12.1 Å². The van der Waals surface area contributed by atoms with Crippen LogP contribution in [0, 0.1) is 5.82 Å². The SMILES string of the molecule is Nc1ccc(NC(=O)COc2ccc(Br)c(F)c2)c(Br)c1. The highest BCUT2D eigenvalue weighted by molar-refractivity contribution is 9.10. The maximum absolute atomic E-state index is 13.3. The van der Waals surface area contributed by atoms with Crippen molar-refractivity contribution >= 4 is 49.1 Å². The molecule has 4 nitrogen and oxygen atoms in total. The summed E-state index contributed by atoms with van der Waals surface area (Å²) in [4.78, 5) is 11.8. The van der Waals surface area contributed by atoms with Crippen LogP contribution in [-0.4, -0.2) is 12.5 Å². The van der Waals surface area contributed by atoms with E-state index in [1.54, 1.807) is 24.3 Å². The maximum Gasteiger partial charge on any atom is 0.262 e. The number of ether oxygens (including phenoxy) is 1. The molecule has 2 aromatic carbocycles. The molecule has 0 bridgehead atoms. The predicted molar refractivity (Wildman–Crippen MR) is 86.8 cm³/mol. The second kappa shape index (κ2) is 6.91. The lowest BCUT2D eigenvalue weighted by Gasteiger charge is -2.09. The molecule has 7 heteroatoms. The minimum atomic E-state index is -0.450. The third kappa shape index (κ3) is 4.44. The molecule has 0 unspecified atom stereocenters. The average molecular weight is 418 g/mol. The van der Waals surface area contributed by atoms with E-state index in [0.717, 1.165) is 0 Å². The smallest absolute Gasteiger partial charge is 0.262 e. The maximum atomic E-state index is 13.3. The van der Waals surface area contributed by atoms with E-state index in [4.69, 9.17) is 10.5 Å². The summed E-state index contributed by atoms with van der Waals surface area (Å²) in [5.41, 5.74) is 6.78. The Morgan fingerprint density at radius 3 is 2.62 bits per heavy atom. The van der Waals surface area contributed by atoms with Crippen molar-refractivity contribution < 1.29 is 13.9 Å². The van der Waals surface area contributed by atoms with Gasteiger partial charge in [-0.15, -0.1) is 0 Å². The van der Waals surface area contributed by atoms with Crippen LogP contribution in [0.3, 0.4) is 0 Å². The Kier molecular flexibility index (Phi) is 5.19. The van der Waals surface area contributed by atoms with Gasteiger partial charge in [0.1, 0.15) is 11.6 Å². The number of carbonyl (C=O) groups is 1. The molecule has 0 aliphatic rings. The van der Waals surface area contributed by atoms with Crippen molar-refractivity contribution in [3.8, 4) is 5.75 Å². The van der Waals surface area contributed by atoms with Crippen molar-refractivity contribution in [2.45, 2.75) is 0 Å². The first-order chi connectivity index (χ1) is 9.95. The average Bonchev–Trinajstić information content (AvgIpc) is 2.43. The summed E-state index contributed by atoms with van der Waals surface area (Å²) in [6, 6.07) is 9.32. The Morgan fingerprint density at radius 1 is 1.19 bits per heavy atom. The highest BCUT2D eigenvalue weighted by Crippen LogP contribution is 2.25. The summed E-state index contributed by atoms with van der Waals surface area (Å²) in [5.74, 6) is -0.528. The van der Waals surface area contributed by atoms with Crippen LogP contribution >= 0.6 is 31.9 Å². The van der Waals surface area contributed by atoms with Gasteiger partial charge in [-0.1, -0.05) is 0 Å². The Balaban J connectivity index is 1.94. The molecular formula is C14H11Br2FN2O2. The van der Waals surface area contributed by atoms with Gasteiger partial charge in [-0.05, 0) is 62.2 Å². The normalized spacial score (nSPS) is 10.2. The third-order valence-corrected chi connectivity index (χ3v) is 3.83. The van der Waals surface area contributed by atoms with Gasteiger partial charge < -0.3 is 15.8 Å². The fraction of sp³-hybridized carbons (Fsp3) is 0.0714. The van der Waals surface area contributed by atoms with E-state index in [1.807, 2.05) is 0 Å². The first kappa shape index (κ1) is 15.8. The summed E-state index contributed by atoms with van der Waals surface area (Å²) in [7, 11) is 0. The molecule has 0 radical (unpaired) electrons. The zero-order valence-electron chi connectivity index (χ0n) is 10.7. The first-order valence-corrected chi connectivity index (χ1v) is 7.47. The van der Waals surface area contributed by atoms with Crippen LogP contribution in [0.2, 0.25) is 0 Å². The molecule has 2 rings (SSSR count). The first-order valence-electron chi connectivity index (χ1n) is 5.88. The van der Waals surface area contributed by atoms with Crippen molar-refractivity contribution in [1.29, 1.82) is 0 Å². The number of carbonyl (C=O) groups excluding carboxylic acids is 1. The standard InChI is InChI=1S/C14H11Br2FN2O2/c15-10-3-2-9(6-12(10)17)21-7-14(20)19-13-4-1-8(18)5-11(13)16/h1-6H,7,18H2,(H,19,20). The molecule has 0 aliphatic carbocycles. The van der Waals surface area contributed by atoms with E-state index >= 15 is 0 Å². The molecule has 2 aromatic rings. The van der Waals surface area contributed by atoms with Crippen molar-refractivity contribution in [3.63, 3.8) is 0 Å². The molecule has 110 valence electrons. The summed E-state index contributed by atoms with van der Waals surface area (Å²) < 4.78 is 19.5. The van der Waals surface area contributed by atoms with Crippen LogP contribution in [0.1, 0.15) is 0 Å². The molecule has 0 atom stereocenters. The molecule has 0 spiro atoms. The van der Waals surface area contributed by atoms with E-state index in [-0.39, 0.29) is 18.3 Å². The fourth-order valence-corrected chi connectivity index (χ4v) is 2.28. The highest BCUT2D eigenvalue weighted by atomic mass is 79.9. The number of nitrogens with two attached hydrogens (primary N) is 1. The van der Waals surface area contributed by atoms with Gasteiger partial charge in [-0.3, -0.25) is 4.79 Å². The Bertz CT molecular complexity index is 680. The van der Waals surface area contributed by atoms with Gasteiger partial charge >= 0.3 is 0 Å². The van der Waals surface area contributed by atoms with Crippen LogP contribution in [0.25, 0.3) is 0 Å². The zero-order chi connectivity index (χ0) is 15.4. The van der Waals surface area contributed by atoms with Crippen molar-refractivity contribution in [3.05, 3.63) is 51.2 Å². The molecule has 1 amide bonds. The molecule has 0 heterocycles. The van der Waals surface area contributed by atoms with E-state index in [0.29, 0.717) is 20.3 Å². The predicted octanol–water partition coefficient (Wildman–Crippen LogP) is 3.95. The van der Waals surface area contributed by atoms with Gasteiger partial charge in [-0.25, -0.2) is 4.39 Å². The van der Waals surface area contributed by atoms with Crippen molar-refractivity contribution in [2.75, 3.05) is 17.7 Å². The van der Waals surface area contributed by atoms with Gasteiger partial charge in [0, 0.05) is 16.2 Å². The quantitative estimate of drug-likeness (QED) is 0.740. The van der Waals surface area contributed by atoms with Crippen LogP contribution in [0.4, 0.5) is 15.8 Å². The topological polar surface area (TPSA) is 64.3 Å². The summed E-state index contributed by atoms with van der Waals surface area (Å²) in [5, 5.41) is 2.66. The number of nitrogen functional groups attached to an aromatic ring is 1. The number of amides is 1. The minimum absolute atomic E-state index is 0.224. The fourth-order valence-electron chi connectivity index (χ4n) is 1.53. The Labute approximate surface area is 137 Å². The zero-order valence-corrected chi connectivity index (χ0v) is 13.9. The van der Waals surface area contributed by atoms with Crippen LogP contribution in [0.5, 0.6) is 5.75 Å². The number of halogens is 3. The van der Waals surface area contributed by atoms with Crippen LogP contribution < -0.4 is 15.8 Å². The Hall–Kier alpha value is -1.60. The lowest BCUT2D eigenvalue weighted by molar-refractivity contribution is -0.118. The molecule has 3 N–H and O–H groups in total. The largest absolute Gasteiger partial charge is 0.484 e. The molecular weight excluding hydrogens is 407 g/mol. The molecule has 0 saturated heterocycles. The van der Waals surface area contributed by atoms with Crippen molar-refractivity contribution in [1.82, 2.24) is 0 Å². The van der Waals surface area contributed by atoms with Crippen LogP contribution in [0.15, 0.2) is 45.3 Å². The monoisotopic (exact) mass is 416 g/mol. The summed E-state index contributed by atoms with van der Waals surface area (Å²) in [6.07, 6.45) is 0. The van der Waals surface area contributed by atoms with E-state index in [9.17, 15) is 9.18 Å². The Morgan fingerprint density at radius 2 is 1.95 bits per heavy atom. The number of rotatable bonds is 4. The van der Waals surface area contributed by atoms with E-state index < -0.39 is 5.82 Å². The number of anilines is 2. The third-order valence-electron chi connectivity index (χ3n) is 2.53. The van der Waals surface area contributed by atoms with Gasteiger partial charge in [0.2, 0.25) is 0 Å². The van der Waals surface area contributed by atoms with E-state index in [2.05, 4.69) is 37.2 Å². The molecule has 0 aromatic heterocycles. The van der Waals surface area contributed by atoms with Crippen molar-refractivity contribution in [2.24, 2.45) is 0 Å². The minimum Gasteiger partial charge on any atom is -0.484 e. The number of hydrogen-bond donors (Lipinski definition) is 2. The molecule has 21 heavy (non-hydrogen) atoms. The summed E-state index contributed by atoms with van der Waals surface area (Å²) >= 11 is 6.34. The van der Waals surface area contributed by atoms with Gasteiger partial charge in [0.15, 0.2) is 6.61 Å². The molecule has 0 fully saturated rings. The second-order valence-corrected chi connectivity index (χ2v) is 5.86. The lowest BCUT2D eigenvalue weighted by atomic mass is 10.3. The molecule has 0 saturated carbocycles. The highest BCUT2D eigenvalue weighted by Gasteiger charge is 2.08. The van der Waals surface area contributed by atoms with Gasteiger partial charge in [0.25, 0.3) is 5.91 Å². The summed E-state index contributed by atoms with van der Waals surface area (Å²) in [6.45, 7) is -0.224. The number of benzene rings is 2. The number of nitrogens with one attached hydrogen (secondary N) is 1.